The van der Waals surface area contributed by atoms with Gasteiger partial charge in [-0.25, -0.2) is 0 Å². The second-order valence-electron chi connectivity index (χ2n) is 4.62. The minimum absolute atomic E-state index is 0.0395. The lowest BCUT2D eigenvalue weighted by atomic mass is 10.2. The third kappa shape index (κ3) is 5.88. The van der Waals surface area contributed by atoms with Crippen LogP contribution in [0.1, 0.15) is 12.8 Å². The second-order valence-corrected chi connectivity index (χ2v) is 5.06. The number of anilines is 1. The van der Waals surface area contributed by atoms with Crippen LogP contribution in [0.2, 0.25) is 5.02 Å². The summed E-state index contributed by atoms with van der Waals surface area (Å²) >= 11 is 5.86. The highest BCUT2D eigenvalue weighted by molar-refractivity contribution is 6.31. The van der Waals surface area contributed by atoms with Gasteiger partial charge >= 0.3 is 0 Å². The molecule has 0 aromatic heterocycles. The van der Waals surface area contributed by atoms with Gasteiger partial charge < -0.3 is 30.4 Å². The Kier molecular flexibility index (Phi) is 7.65. The van der Waals surface area contributed by atoms with Crippen LogP contribution in [0.5, 0.6) is 5.75 Å². The van der Waals surface area contributed by atoms with E-state index in [1.54, 1.807) is 12.1 Å². The molecule has 1 rings (SSSR count). The number of carbonyl (C=O) groups is 2. The highest BCUT2D eigenvalue weighted by atomic mass is 35.5. The average molecular weight is 331 g/mol. The summed E-state index contributed by atoms with van der Waals surface area (Å²) in [5, 5.41) is 24.2. The van der Waals surface area contributed by atoms with E-state index >= 15 is 0 Å². The van der Waals surface area contributed by atoms with E-state index < -0.39 is 17.9 Å². The third-order valence-corrected chi connectivity index (χ3v) is 3.19. The predicted molar refractivity (Wildman–Crippen MR) is 78.5 cm³/mol. The molecule has 0 aliphatic rings. The highest BCUT2D eigenvalue weighted by Crippen LogP contribution is 2.27. The number of aliphatic hydroxyl groups excluding tert-OH is 1. The van der Waals surface area contributed by atoms with E-state index in [2.05, 4.69) is 5.32 Å². The van der Waals surface area contributed by atoms with Gasteiger partial charge in [0, 0.05) is 18.1 Å². The van der Waals surface area contributed by atoms with Crippen LogP contribution in [0.25, 0.3) is 0 Å². The largest absolute Gasteiger partial charge is 0.544 e. The summed E-state index contributed by atoms with van der Waals surface area (Å²) in [7, 11) is 1.45. The van der Waals surface area contributed by atoms with Crippen LogP contribution < -0.4 is 20.5 Å². The van der Waals surface area contributed by atoms with Crippen LogP contribution in [0.15, 0.2) is 18.2 Å². The molecule has 0 heterocycles. The SMILES string of the molecule is COc1ccc(Cl)cc1NC(=O)C[C@@H]([NH2+]CCCO)C(=O)[O-]. The number of hydrogen-bond donors (Lipinski definition) is 3. The Morgan fingerprint density at radius 2 is 2.23 bits per heavy atom. The lowest BCUT2D eigenvalue weighted by molar-refractivity contribution is -0.682. The normalized spacial score (nSPS) is 11.8. The van der Waals surface area contributed by atoms with Gasteiger partial charge in [0.15, 0.2) is 0 Å². The number of ether oxygens (including phenoxy) is 1. The summed E-state index contributed by atoms with van der Waals surface area (Å²) in [4.78, 5) is 23.0. The van der Waals surface area contributed by atoms with Gasteiger partial charge in [0.2, 0.25) is 5.91 Å². The zero-order valence-electron chi connectivity index (χ0n) is 12.2. The number of quaternary nitrogens is 1. The Hall–Kier alpha value is -1.83. The predicted octanol–water partition coefficient (Wildman–Crippen LogP) is -1.26. The van der Waals surface area contributed by atoms with Crippen LogP contribution in [0.3, 0.4) is 0 Å². The fraction of sp³-hybridized carbons (Fsp3) is 0.429. The Morgan fingerprint density at radius 3 is 2.82 bits per heavy atom. The number of aliphatic hydroxyl groups is 1. The third-order valence-electron chi connectivity index (χ3n) is 2.96. The number of hydrogen-bond acceptors (Lipinski definition) is 5. The van der Waals surface area contributed by atoms with Crippen molar-refractivity contribution in [2.24, 2.45) is 0 Å². The number of carboxylic acids is 1. The molecule has 1 aromatic rings. The molecule has 0 spiro atoms. The average Bonchev–Trinajstić information content (AvgIpc) is 2.46. The summed E-state index contributed by atoms with van der Waals surface area (Å²) in [5.41, 5.74) is 0.368. The summed E-state index contributed by atoms with van der Waals surface area (Å²) in [5.74, 6) is -1.40. The van der Waals surface area contributed by atoms with Gasteiger partial charge in [-0.3, -0.25) is 4.79 Å². The molecule has 0 bridgehead atoms. The van der Waals surface area contributed by atoms with Gasteiger partial charge in [0.05, 0.1) is 31.7 Å². The van der Waals surface area contributed by atoms with Crippen LogP contribution in [-0.4, -0.2) is 43.3 Å². The number of nitrogens with one attached hydrogen (secondary N) is 1. The molecular weight excluding hydrogens is 312 g/mol. The number of amides is 1. The number of methoxy groups -OCH3 is 1. The minimum atomic E-state index is -1.33. The molecular formula is C14H19ClN2O5. The van der Waals surface area contributed by atoms with E-state index in [-0.39, 0.29) is 13.0 Å². The first kappa shape index (κ1) is 18.2. The first-order chi connectivity index (χ1) is 10.5. The Morgan fingerprint density at radius 1 is 1.50 bits per heavy atom. The number of rotatable bonds is 9. The summed E-state index contributed by atoms with van der Waals surface area (Å²) < 4.78 is 5.10. The van der Waals surface area contributed by atoms with Crippen molar-refractivity contribution in [2.75, 3.05) is 25.6 Å². The van der Waals surface area contributed by atoms with Crippen LogP contribution in [0, 0.1) is 0 Å². The summed E-state index contributed by atoms with van der Waals surface area (Å²) in [6, 6.07) is 3.71. The molecule has 122 valence electrons. The van der Waals surface area contributed by atoms with E-state index in [4.69, 9.17) is 21.4 Å². The van der Waals surface area contributed by atoms with Crippen molar-refractivity contribution in [1.82, 2.24) is 0 Å². The maximum Gasteiger partial charge on any atom is 0.230 e. The number of aliphatic carboxylic acids is 1. The van der Waals surface area contributed by atoms with Crippen molar-refractivity contribution in [3.8, 4) is 5.75 Å². The molecule has 0 aliphatic heterocycles. The molecule has 0 unspecified atom stereocenters. The summed E-state index contributed by atoms with van der Waals surface area (Å²) in [6.07, 6.45) is 0.178. The molecule has 4 N–H and O–H groups in total. The molecule has 0 aliphatic carbocycles. The zero-order valence-corrected chi connectivity index (χ0v) is 12.9. The van der Waals surface area contributed by atoms with Crippen LogP contribution >= 0.6 is 11.6 Å². The van der Waals surface area contributed by atoms with Crippen molar-refractivity contribution in [3.05, 3.63) is 23.2 Å². The number of benzene rings is 1. The van der Waals surface area contributed by atoms with Crippen molar-refractivity contribution in [1.29, 1.82) is 0 Å². The minimum Gasteiger partial charge on any atom is -0.544 e. The lowest BCUT2D eigenvalue weighted by Gasteiger charge is -2.17. The number of carboxylic acid groups (broad SMARTS) is 1. The molecule has 0 saturated heterocycles. The number of carbonyl (C=O) groups excluding carboxylic acids is 2. The molecule has 0 fully saturated rings. The van der Waals surface area contributed by atoms with E-state index in [0.29, 0.717) is 29.4 Å². The van der Waals surface area contributed by atoms with E-state index in [1.807, 2.05) is 0 Å². The first-order valence-corrected chi connectivity index (χ1v) is 7.14. The van der Waals surface area contributed by atoms with E-state index in [9.17, 15) is 14.7 Å². The van der Waals surface area contributed by atoms with Crippen LogP contribution in [0.4, 0.5) is 5.69 Å². The molecule has 1 amide bonds. The van der Waals surface area contributed by atoms with Gasteiger partial charge in [-0.1, -0.05) is 11.6 Å². The monoisotopic (exact) mass is 330 g/mol. The molecule has 7 nitrogen and oxygen atoms in total. The van der Waals surface area contributed by atoms with Crippen LogP contribution in [-0.2, 0) is 9.59 Å². The second kappa shape index (κ2) is 9.24. The number of halogens is 1. The van der Waals surface area contributed by atoms with Gasteiger partial charge in [-0.15, -0.1) is 0 Å². The Labute approximate surface area is 133 Å². The molecule has 0 radical (unpaired) electrons. The topological polar surface area (TPSA) is 115 Å². The quantitative estimate of drug-likeness (QED) is 0.489. The maximum absolute atomic E-state index is 12.0. The fourth-order valence-electron chi connectivity index (χ4n) is 1.85. The van der Waals surface area contributed by atoms with Crippen molar-refractivity contribution in [3.63, 3.8) is 0 Å². The number of nitrogens with two attached hydrogens (primary N) is 1. The Bertz CT molecular complexity index is 524. The molecule has 0 saturated carbocycles. The summed E-state index contributed by atoms with van der Waals surface area (Å²) in [6.45, 7) is 0.352. The maximum atomic E-state index is 12.0. The van der Waals surface area contributed by atoms with Gasteiger partial charge in [0.1, 0.15) is 11.8 Å². The van der Waals surface area contributed by atoms with Gasteiger partial charge in [0.25, 0.3) is 0 Å². The van der Waals surface area contributed by atoms with Crippen molar-refractivity contribution in [2.45, 2.75) is 18.9 Å². The van der Waals surface area contributed by atoms with Crippen molar-refractivity contribution >= 4 is 29.2 Å². The molecule has 1 atom stereocenters. The Balaban J connectivity index is 2.67. The van der Waals surface area contributed by atoms with E-state index in [1.165, 1.54) is 18.5 Å². The zero-order chi connectivity index (χ0) is 16.5. The molecule has 22 heavy (non-hydrogen) atoms. The smallest absolute Gasteiger partial charge is 0.230 e. The van der Waals surface area contributed by atoms with Gasteiger partial charge in [-0.05, 0) is 18.2 Å². The molecule has 8 heteroatoms. The van der Waals surface area contributed by atoms with Gasteiger partial charge in [-0.2, -0.15) is 0 Å². The molecule has 1 aromatic carbocycles. The lowest BCUT2D eigenvalue weighted by Crippen LogP contribution is -2.93. The van der Waals surface area contributed by atoms with E-state index in [0.717, 1.165) is 0 Å². The fourth-order valence-corrected chi connectivity index (χ4v) is 2.02. The highest BCUT2D eigenvalue weighted by Gasteiger charge is 2.19. The van der Waals surface area contributed by atoms with Crippen molar-refractivity contribution < 1.29 is 29.9 Å². The first-order valence-electron chi connectivity index (χ1n) is 6.76. The standard InChI is InChI=1S/C14H19ClN2O5/c1-22-12-4-3-9(15)7-10(12)17-13(19)8-11(14(20)21)16-5-2-6-18/h3-4,7,11,16,18H,2,5-6,8H2,1H3,(H,17,19)(H,20,21)/t11-/m1/s1.